The molecular weight excluding hydrogens is 604 g/mol. The Labute approximate surface area is 278 Å². The van der Waals surface area contributed by atoms with Crippen LogP contribution in [-0.4, -0.2) is 43.8 Å². The maximum absolute atomic E-state index is 14.3. The average Bonchev–Trinajstić information content (AvgIpc) is 3.50. The van der Waals surface area contributed by atoms with Gasteiger partial charge in [0, 0.05) is 24.5 Å². The Bertz CT molecular complexity index is 2170. The van der Waals surface area contributed by atoms with Crippen LogP contribution in [0.2, 0.25) is 0 Å². The number of ether oxygens (including phenoxy) is 1. The van der Waals surface area contributed by atoms with Crippen molar-refractivity contribution in [1.29, 1.82) is 0 Å². The Balaban J connectivity index is 1.54. The molecule has 11 heteroatoms. The quantitative estimate of drug-likeness (QED) is 0.134. The van der Waals surface area contributed by atoms with Gasteiger partial charge in [0.1, 0.15) is 17.3 Å². The van der Waals surface area contributed by atoms with E-state index in [1.807, 2.05) is 63.4 Å². The van der Waals surface area contributed by atoms with E-state index in [1.54, 1.807) is 61.1 Å². The molecule has 0 saturated carbocycles. The first-order valence-electron chi connectivity index (χ1n) is 15.3. The Morgan fingerprint density at radius 1 is 1.00 bits per heavy atom. The van der Waals surface area contributed by atoms with E-state index in [-0.39, 0.29) is 23.2 Å². The molecule has 0 aliphatic rings. The van der Waals surface area contributed by atoms with Crippen LogP contribution >= 0.6 is 0 Å². The van der Waals surface area contributed by atoms with Gasteiger partial charge in [-0.05, 0) is 100 Å². The van der Waals surface area contributed by atoms with E-state index in [4.69, 9.17) is 15.5 Å². The normalized spacial score (nSPS) is 12.6. The molecular formula is C37H36N8O3. The standard InChI is InChI=1S/C37H36N8O3/c1-23(2)48-30-19-16-26(17-20-30)24(3)40-33(34(38)39-5)36(46)41-25(4)35-42-31-14-10-11-27(15-18-28-21-22-44(6)43-28)32(31)37(47)45(35)29-12-8-7-9-13-29/h7-14,16-17,19-23,25H,5,38H2,1-4,6H3,(H,41,46)/b34-33-,40-24+/t25-/m0/s1. The summed E-state index contributed by atoms with van der Waals surface area (Å²) in [4.78, 5) is 41.2. The van der Waals surface area contributed by atoms with Crippen molar-refractivity contribution in [3.8, 4) is 23.3 Å². The number of nitrogens with one attached hydrogen (secondary N) is 1. The van der Waals surface area contributed by atoms with Gasteiger partial charge in [-0.15, -0.1) is 0 Å². The number of hydrogen-bond donors (Lipinski definition) is 2. The molecule has 1 amide bonds. The molecule has 3 aromatic carbocycles. The fourth-order valence-electron chi connectivity index (χ4n) is 4.99. The number of carbonyl (C=O) groups excluding carboxylic acids is 1. The maximum atomic E-state index is 14.3. The first-order valence-corrected chi connectivity index (χ1v) is 15.3. The molecule has 0 bridgehead atoms. The predicted octanol–water partition coefficient (Wildman–Crippen LogP) is 4.82. The van der Waals surface area contributed by atoms with Crippen molar-refractivity contribution < 1.29 is 9.53 Å². The molecule has 1 atom stereocenters. The molecule has 5 rings (SSSR count). The molecule has 0 fully saturated rings. The van der Waals surface area contributed by atoms with Crippen LogP contribution in [0.4, 0.5) is 0 Å². The second-order valence-corrected chi connectivity index (χ2v) is 11.2. The predicted molar refractivity (Wildman–Crippen MR) is 188 cm³/mol. The monoisotopic (exact) mass is 640 g/mol. The van der Waals surface area contributed by atoms with Gasteiger partial charge in [-0.2, -0.15) is 5.10 Å². The van der Waals surface area contributed by atoms with Crippen molar-refractivity contribution in [2.24, 2.45) is 22.8 Å². The van der Waals surface area contributed by atoms with Gasteiger partial charge >= 0.3 is 0 Å². The molecule has 242 valence electrons. The third kappa shape index (κ3) is 7.40. The van der Waals surface area contributed by atoms with Crippen LogP contribution in [0.1, 0.15) is 56.4 Å². The Morgan fingerprint density at radius 2 is 1.73 bits per heavy atom. The van der Waals surface area contributed by atoms with Crippen LogP contribution in [0.5, 0.6) is 5.75 Å². The zero-order chi connectivity index (χ0) is 34.4. The number of nitrogens with zero attached hydrogens (tertiary/aromatic N) is 6. The number of para-hydroxylation sites is 1. The first kappa shape index (κ1) is 33.1. The molecule has 48 heavy (non-hydrogen) atoms. The van der Waals surface area contributed by atoms with Crippen molar-refractivity contribution in [1.82, 2.24) is 24.6 Å². The number of hydrogen-bond acceptors (Lipinski definition) is 8. The number of benzene rings is 3. The highest BCUT2D eigenvalue weighted by Gasteiger charge is 2.23. The average molecular weight is 641 g/mol. The summed E-state index contributed by atoms with van der Waals surface area (Å²) in [5.41, 5.74) is 9.03. The van der Waals surface area contributed by atoms with E-state index in [9.17, 15) is 9.59 Å². The molecule has 0 radical (unpaired) electrons. The van der Waals surface area contributed by atoms with E-state index >= 15 is 0 Å². The molecule has 0 aliphatic heterocycles. The number of rotatable bonds is 9. The minimum atomic E-state index is -0.770. The van der Waals surface area contributed by atoms with Gasteiger partial charge in [-0.3, -0.25) is 18.8 Å². The molecule has 0 unspecified atom stereocenters. The first-order chi connectivity index (χ1) is 23.0. The van der Waals surface area contributed by atoms with Gasteiger partial charge in [0.05, 0.1) is 28.7 Å². The smallest absolute Gasteiger partial charge is 0.274 e. The Kier molecular flexibility index (Phi) is 9.95. The molecule has 5 aromatic rings. The SMILES string of the molecule is C=N/C(N)=C(\N=C(/C)c1ccc(OC(C)C)cc1)C(=O)N[C@@H](C)c1nc2cccc(C#Cc3ccn(C)n3)c2c(=O)n1-c1ccccc1. The van der Waals surface area contributed by atoms with Gasteiger partial charge in [0.25, 0.3) is 11.5 Å². The van der Waals surface area contributed by atoms with E-state index in [0.29, 0.717) is 39.4 Å². The third-order valence-electron chi connectivity index (χ3n) is 7.26. The summed E-state index contributed by atoms with van der Waals surface area (Å²) >= 11 is 0. The number of amides is 1. The van der Waals surface area contributed by atoms with Crippen LogP contribution in [-0.2, 0) is 11.8 Å². The minimum absolute atomic E-state index is 0.0348. The zero-order valence-corrected chi connectivity index (χ0v) is 27.4. The fraction of sp³-hybridized carbons (Fsp3) is 0.189. The lowest BCUT2D eigenvalue weighted by atomic mass is 10.1. The highest BCUT2D eigenvalue weighted by Crippen LogP contribution is 2.21. The number of fused-ring (bicyclic) bond motifs is 1. The summed E-state index contributed by atoms with van der Waals surface area (Å²) in [6.07, 6.45) is 1.83. The lowest BCUT2D eigenvalue weighted by Crippen LogP contribution is -2.34. The summed E-state index contributed by atoms with van der Waals surface area (Å²) in [6.45, 7) is 10.9. The maximum Gasteiger partial charge on any atom is 0.274 e. The molecule has 11 nitrogen and oxygen atoms in total. The molecule has 3 N–H and O–H groups in total. The van der Waals surface area contributed by atoms with Crippen molar-refractivity contribution >= 4 is 29.2 Å². The highest BCUT2D eigenvalue weighted by atomic mass is 16.5. The number of nitrogens with two attached hydrogens (primary N) is 1. The molecule has 0 aliphatic carbocycles. The summed E-state index contributed by atoms with van der Waals surface area (Å²) in [5, 5.41) is 7.56. The number of aliphatic imine (C=N–C) groups is 2. The van der Waals surface area contributed by atoms with E-state index in [0.717, 1.165) is 11.3 Å². The van der Waals surface area contributed by atoms with Crippen LogP contribution in [0.15, 0.2) is 111 Å². The lowest BCUT2D eigenvalue weighted by molar-refractivity contribution is -0.118. The van der Waals surface area contributed by atoms with Crippen molar-refractivity contribution in [2.75, 3.05) is 0 Å². The summed E-state index contributed by atoms with van der Waals surface area (Å²) < 4.78 is 8.86. The van der Waals surface area contributed by atoms with Gasteiger partial charge in [-0.1, -0.05) is 30.2 Å². The van der Waals surface area contributed by atoms with Crippen LogP contribution < -0.4 is 21.3 Å². The molecule has 2 aromatic heterocycles. The van der Waals surface area contributed by atoms with Gasteiger partial charge in [0.2, 0.25) is 0 Å². The molecule has 0 saturated heterocycles. The summed E-state index contributed by atoms with van der Waals surface area (Å²) in [7, 11) is 1.81. The van der Waals surface area contributed by atoms with E-state index in [1.165, 1.54) is 4.57 Å². The largest absolute Gasteiger partial charge is 0.491 e. The highest BCUT2D eigenvalue weighted by molar-refractivity contribution is 6.04. The van der Waals surface area contributed by atoms with Crippen LogP contribution in [0.3, 0.4) is 0 Å². The molecule has 2 heterocycles. The summed E-state index contributed by atoms with van der Waals surface area (Å²) in [6, 6.07) is 22.8. The van der Waals surface area contributed by atoms with Crippen LogP contribution in [0, 0.1) is 11.8 Å². The van der Waals surface area contributed by atoms with E-state index in [2.05, 4.69) is 39.0 Å². The number of aryl methyl sites for hydroxylation is 1. The third-order valence-corrected chi connectivity index (χ3v) is 7.26. The van der Waals surface area contributed by atoms with Crippen LogP contribution in [0.25, 0.3) is 16.6 Å². The molecule has 0 spiro atoms. The number of carbonyl (C=O) groups is 1. The van der Waals surface area contributed by atoms with Gasteiger partial charge < -0.3 is 15.8 Å². The fourth-order valence-corrected chi connectivity index (χ4v) is 4.99. The Hall–Kier alpha value is -6.28. The Morgan fingerprint density at radius 3 is 2.38 bits per heavy atom. The minimum Gasteiger partial charge on any atom is -0.491 e. The van der Waals surface area contributed by atoms with Gasteiger partial charge in [-0.25, -0.2) is 15.0 Å². The van der Waals surface area contributed by atoms with E-state index < -0.39 is 11.9 Å². The number of aromatic nitrogens is 4. The van der Waals surface area contributed by atoms with Crippen molar-refractivity contribution in [2.45, 2.75) is 39.8 Å². The van der Waals surface area contributed by atoms with Gasteiger partial charge in [0.15, 0.2) is 11.5 Å². The van der Waals surface area contributed by atoms with Crippen molar-refractivity contribution in [3.63, 3.8) is 0 Å². The second kappa shape index (κ2) is 14.4. The second-order valence-electron chi connectivity index (χ2n) is 11.2. The lowest BCUT2D eigenvalue weighted by Gasteiger charge is -2.20. The topological polar surface area (TPSA) is 142 Å². The van der Waals surface area contributed by atoms with Crippen molar-refractivity contribution in [3.05, 3.63) is 130 Å². The zero-order valence-electron chi connectivity index (χ0n) is 27.4. The summed E-state index contributed by atoms with van der Waals surface area (Å²) in [5.74, 6) is 6.36.